The third-order valence-corrected chi connectivity index (χ3v) is 4.37. The molecule has 0 atom stereocenters. The van der Waals surface area contributed by atoms with E-state index in [1.165, 1.54) is 24.3 Å². The SMILES string of the molecule is O=C(O)c1cccc(CC(=O)N(CCc2cccc(F)c2)C2CC2)c1. The van der Waals surface area contributed by atoms with E-state index in [1.807, 2.05) is 11.0 Å². The quantitative estimate of drug-likeness (QED) is 0.841. The number of carbonyl (C=O) groups excluding carboxylic acids is 1. The molecule has 0 saturated heterocycles. The number of hydrogen-bond acceptors (Lipinski definition) is 2. The molecule has 1 saturated carbocycles. The minimum atomic E-state index is -1.00. The van der Waals surface area contributed by atoms with E-state index in [0.717, 1.165) is 18.4 Å². The standard InChI is InChI=1S/C20H20FNO3/c21-17-6-2-3-14(12-17)9-10-22(18-7-8-18)19(23)13-15-4-1-5-16(11-15)20(24)25/h1-6,11-12,18H,7-10,13H2,(H,24,25). The lowest BCUT2D eigenvalue weighted by Gasteiger charge is -2.22. The third kappa shape index (κ3) is 4.66. The zero-order chi connectivity index (χ0) is 17.8. The van der Waals surface area contributed by atoms with Crippen LogP contribution in [-0.4, -0.2) is 34.5 Å². The van der Waals surface area contributed by atoms with Gasteiger partial charge in [0.1, 0.15) is 5.82 Å². The molecule has 25 heavy (non-hydrogen) atoms. The summed E-state index contributed by atoms with van der Waals surface area (Å²) in [7, 11) is 0. The van der Waals surface area contributed by atoms with Crippen molar-refractivity contribution in [3.8, 4) is 0 Å². The van der Waals surface area contributed by atoms with E-state index in [-0.39, 0.29) is 29.8 Å². The number of nitrogens with zero attached hydrogens (tertiary/aromatic N) is 1. The van der Waals surface area contributed by atoms with Crippen LogP contribution in [0.4, 0.5) is 4.39 Å². The fraction of sp³-hybridized carbons (Fsp3) is 0.300. The minimum Gasteiger partial charge on any atom is -0.478 e. The molecule has 1 aliphatic carbocycles. The van der Waals surface area contributed by atoms with Crippen LogP contribution in [0.3, 0.4) is 0 Å². The van der Waals surface area contributed by atoms with Crippen LogP contribution >= 0.6 is 0 Å². The van der Waals surface area contributed by atoms with Crippen molar-refractivity contribution < 1.29 is 19.1 Å². The summed E-state index contributed by atoms with van der Waals surface area (Å²) in [5.74, 6) is -1.28. The summed E-state index contributed by atoms with van der Waals surface area (Å²) in [6, 6.07) is 13.2. The zero-order valence-corrected chi connectivity index (χ0v) is 13.8. The predicted octanol–water partition coefficient (Wildman–Crippen LogP) is 3.30. The van der Waals surface area contributed by atoms with Gasteiger partial charge in [-0.15, -0.1) is 0 Å². The Hall–Kier alpha value is -2.69. The van der Waals surface area contributed by atoms with Gasteiger partial charge in [-0.2, -0.15) is 0 Å². The minimum absolute atomic E-state index is 0.0126. The smallest absolute Gasteiger partial charge is 0.335 e. The fourth-order valence-corrected chi connectivity index (χ4v) is 2.93. The number of hydrogen-bond donors (Lipinski definition) is 1. The molecule has 2 aromatic rings. The van der Waals surface area contributed by atoms with Gasteiger partial charge in [-0.05, 0) is 54.7 Å². The first-order valence-corrected chi connectivity index (χ1v) is 8.39. The van der Waals surface area contributed by atoms with Gasteiger partial charge >= 0.3 is 5.97 Å². The third-order valence-electron chi connectivity index (χ3n) is 4.37. The number of aromatic carboxylic acids is 1. The van der Waals surface area contributed by atoms with E-state index in [9.17, 15) is 14.0 Å². The van der Waals surface area contributed by atoms with Crippen LogP contribution in [0.1, 0.15) is 34.3 Å². The van der Waals surface area contributed by atoms with Gasteiger partial charge in [0.2, 0.25) is 5.91 Å². The summed E-state index contributed by atoms with van der Waals surface area (Å²) < 4.78 is 13.3. The molecular weight excluding hydrogens is 321 g/mol. The van der Waals surface area contributed by atoms with E-state index in [1.54, 1.807) is 18.2 Å². The number of amides is 1. The number of rotatable bonds is 7. The maximum Gasteiger partial charge on any atom is 0.335 e. The second-order valence-electron chi connectivity index (χ2n) is 6.38. The summed E-state index contributed by atoms with van der Waals surface area (Å²) in [5.41, 5.74) is 1.75. The highest BCUT2D eigenvalue weighted by Crippen LogP contribution is 2.28. The number of benzene rings is 2. The Morgan fingerprint density at radius 1 is 1.08 bits per heavy atom. The van der Waals surface area contributed by atoms with Crippen LogP contribution in [0.25, 0.3) is 0 Å². The lowest BCUT2D eigenvalue weighted by molar-refractivity contribution is -0.131. The lowest BCUT2D eigenvalue weighted by atomic mass is 10.1. The van der Waals surface area contributed by atoms with Gasteiger partial charge in [0, 0.05) is 12.6 Å². The Kier molecular flexibility index (Phi) is 5.12. The molecule has 1 N–H and O–H groups in total. The predicted molar refractivity (Wildman–Crippen MR) is 91.9 cm³/mol. The van der Waals surface area contributed by atoms with Crippen molar-refractivity contribution in [2.75, 3.05) is 6.54 Å². The average Bonchev–Trinajstić information content (AvgIpc) is 3.40. The molecule has 5 heteroatoms. The van der Waals surface area contributed by atoms with E-state index >= 15 is 0 Å². The van der Waals surface area contributed by atoms with Crippen molar-refractivity contribution in [3.05, 3.63) is 71.0 Å². The Balaban J connectivity index is 1.65. The van der Waals surface area contributed by atoms with Gasteiger partial charge in [-0.1, -0.05) is 24.3 Å². The molecule has 1 aliphatic rings. The molecular formula is C20H20FNO3. The molecule has 0 spiro atoms. The maximum atomic E-state index is 13.3. The Labute approximate surface area is 145 Å². The topological polar surface area (TPSA) is 57.6 Å². The summed E-state index contributed by atoms with van der Waals surface area (Å²) >= 11 is 0. The highest BCUT2D eigenvalue weighted by molar-refractivity contribution is 5.88. The Morgan fingerprint density at radius 2 is 1.80 bits per heavy atom. The van der Waals surface area contributed by atoms with E-state index in [2.05, 4.69) is 0 Å². The Bertz CT molecular complexity index is 786. The van der Waals surface area contributed by atoms with E-state index in [0.29, 0.717) is 18.5 Å². The van der Waals surface area contributed by atoms with E-state index < -0.39 is 5.97 Å². The van der Waals surface area contributed by atoms with Crippen LogP contribution < -0.4 is 0 Å². The highest BCUT2D eigenvalue weighted by Gasteiger charge is 2.32. The van der Waals surface area contributed by atoms with Crippen LogP contribution in [0, 0.1) is 5.82 Å². The van der Waals surface area contributed by atoms with Gasteiger partial charge in [0.25, 0.3) is 0 Å². The molecule has 0 heterocycles. The number of carboxylic acids is 1. The molecule has 130 valence electrons. The molecule has 1 fully saturated rings. The van der Waals surface area contributed by atoms with Crippen molar-refractivity contribution in [2.45, 2.75) is 31.7 Å². The van der Waals surface area contributed by atoms with E-state index in [4.69, 9.17) is 5.11 Å². The second-order valence-corrected chi connectivity index (χ2v) is 6.38. The summed E-state index contributed by atoms with van der Waals surface area (Å²) in [5, 5.41) is 9.06. The van der Waals surface area contributed by atoms with Crippen molar-refractivity contribution in [1.82, 2.24) is 4.90 Å². The molecule has 0 radical (unpaired) electrons. The Morgan fingerprint density at radius 3 is 2.48 bits per heavy atom. The molecule has 0 bridgehead atoms. The first-order valence-electron chi connectivity index (χ1n) is 8.39. The van der Waals surface area contributed by atoms with Gasteiger partial charge in [-0.3, -0.25) is 4.79 Å². The van der Waals surface area contributed by atoms with Gasteiger partial charge in [0.15, 0.2) is 0 Å². The molecule has 0 aliphatic heterocycles. The average molecular weight is 341 g/mol. The molecule has 0 unspecified atom stereocenters. The summed E-state index contributed by atoms with van der Waals surface area (Å²) in [6.45, 7) is 0.547. The zero-order valence-electron chi connectivity index (χ0n) is 13.8. The molecule has 1 amide bonds. The van der Waals surface area contributed by atoms with Crippen LogP contribution in [0.15, 0.2) is 48.5 Å². The second kappa shape index (κ2) is 7.47. The molecule has 2 aromatic carbocycles. The largest absolute Gasteiger partial charge is 0.478 e. The van der Waals surface area contributed by atoms with Crippen molar-refractivity contribution in [3.63, 3.8) is 0 Å². The van der Waals surface area contributed by atoms with Crippen molar-refractivity contribution >= 4 is 11.9 Å². The number of carboxylic acid groups (broad SMARTS) is 1. The molecule has 0 aromatic heterocycles. The summed E-state index contributed by atoms with van der Waals surface area (Å²) in [4.78, 5) is 25.6. The monoisotopic (exact) mass is 341 g/mol. The maximum absolute atomic E-state index is 13.3. The molecule has 3 rings (SSSR count). The van der Waals surface area contributed by atoms with Gasteiger partial charge < -0.3 is 10.0 Å². The van der Waals surface area contributed by atoms with Gasteiger partial charge in [0.05, 0.1) is 12.0 Å². The first-order chi connectivity index (χ1) is 12.0. The summed E-state index contributed by atoms with van der Waals surface area (Å²) in [6.07, 6.45) is 2.77. The normalized spacial score (nSPS) is 13.5. The lowest BCUT2D eigenvalue weighted by Crippen LogP contribution is -2.36. The number of halogens is 1. The first kappa shape index (κ1) is 17.1. The highest BCUT2D eigenvalue weighted by atomic mass is 19.1. The van der Waals surface area contributed by atoms with Gasteiger partial charge in [-0.25, -0.2) is 9.18 Å². The van der Waals surface area contributed by atoms with Crippen LogP contribution in [0.5, 0.6) is 0 Å². The van der Waals surface area contributed by atoms with Crippen molar-refractivity contribution in [2.24, 2.45) is 0 Å². The number of carbonyl (C=O) groups is 2. The fourth-order valence-electron chi connectivity index (χ4n) is 2.93. The molecule has 4 nitrogen and oxygen atoms in total. The van der Waals surface area contributed by atoms with Crippen LogP contribution in [0.2, 0.25) is 0 Å². The van der Waals surface area contributed by atoms with Crippen molar-refractivity contribution in [1.29, 1.82) is 0 Å². The van der Waals surface area contributed by atoms with Crippen LogP contribution in [-0.2, 0) is 17.6 Å².